The quantitative estimate of drug-likeness (QED) is 0.381. The molecule has 0 fully saturated rings. The normalized spacial score (nSPS) is 13.7. The molecule has 15 heavy (non-hydrogen) atoms. The van der Waals surface area contributed by atoms with E-state index in [2.05, 4.69) is 13.0 Å². The summed E-state index contributed by atoms with van der Waals surface area (Å²) in [6.07, 6.45) is 5.29. The van der Waals surface area contributed by atoms with Crippen LogP contribution in [0.4, 0.5) is 0 Å². The molecule has 0 heterocycles. The fourth-order valence-corrected chi connectivity index (χ4v) is 1.33. The predicted octanol–water partition coefficient (Wildman–Crippen LogP) is 3.54. The third-order valence-electron chi connectivity index (χ3n) is 2.28. The average molecular weight is 233 g/mol. The Kier molecular flexibility index (Phi) is 8.49. The number of allylic oxidation sites excluding steroid dienone is 2. The Labute approximate surface area is 97.6 Å². The lowest BCUT2D eigenvalue weighted by Crippen LogP contribution is -2.05. The maximum Gasteiger partial charge on any atom is 0.302 e. The van der Waals surface area contributed by atoms with Crippen molar-refractivity contribution in [2.45, 2.75) is 40.0 Å². The van der Waals surface area contributed by atoms with Crippen LogP contribution >= 0.6 is 11.6 Å². The summed E-state index contributed by atoms with van der Waals surface area (Å²) in [5, 5.41) is 0. The fourth-order valence-electron chi connectivity index (χ4n) is 1.22. The second kappa shape index (κ2) is 8.78. The van der Waals surface area contributed by atoms with E-state index in [1.807, 2.05) is 6.92 Å². The smallest absolute Gasteiger partial charge is 0.302 e. The van der Waals surface area contributed by atoms with Crippen molar-refractivity contribution in [3.8, 4) is 0 Å². The first-order valence-electron chi connectivity index (χ1n) is 5.41. The van der Waals surface area contributed by atoms with Gasteiger partial charge in [0, 0.05) is 12.8 Å². The molecule has 0 unspecified atom stereocenters. The van der Waals surface area contributed by atoms with E-state index in [1.165, 1.54) is 12.5 Å². The van der Waals surface area contributed by atoms with E-state index in [-0.39, 0.29) is 5.97 Å². The van der Waals surface area contributed by atoms with Gasteiger partial charge >= 0.3 is 5.97 Å². The van der Waals surface area contributed by atoms with Crippen LogP contribution in [0, 0.1) is 5.92 Å². The molecule has 0 aromatic rings. The standard InChI is InChI=1S/C12H21ClO2/c1-10(7-8-15-12(3)14)5-4-6-11(2)9-13/h6,10H,4-5,7-9H2,1-3H3/b11-6+/t10-/m0/s1. The molecule has 0 N–H and O–H groups in total. The largest absolute Gasteiger partial charge is 0.466 e. The van der Waals surface area contributed by atoms with Gasteiger partial charge in [0.25, 0.3) is 0 Å². The molecule has 0 saturated carbocycles. The Morgan fingerprint density at radius 2 is 2.07 bits per heavy atom. The molecule has 0 spiro atoms. The van der Waals surface area contributed by atoms with E-state index in [0.717, 1.165) is 19.3 Å². The molecule has 0 aromatic carbocycles. The second-order valence-electron chi connectivity index (χ2n) is 4.00. The molecule has 0 aromatic heterocycles. The topological polar surface area (TPSA) is 26.3 Å². The Bertz CT molecular complexity index is 212. The van der Waals surface area contributed by atoms with Crippen molar-refractivity contribution in [1.82, 2.24) is 0 Å². The fraction of sp³-hybridized carbons (Fsp3) is 0.750. The van der Waals surface area contributed by atoms with Crippen LogP contribution in [-0.2, 0) is 9.53 Å². The van der Waals surface area contributed by atoms with Gasteiger partial charge in [-0.3, -0.25) is 4.79 Å². The molecule has 0 rings (SSSR count). The average Bonchev–Trinajstić information content (AvgIpc) is 2.17. The lowest BCUT2D eigenvalue weighted by Gasteiger charge is -2.09. The number of halogens is 1. The van der Waals surface area contributed by atoms with Gasteiger partial charge in [-0.1, -0.05) is 18.6 Å². The monoisotopic (exact) mass is 232 g/mol. The van der Waals surface area contributed by atoms with Crippen molar-refractivity contribution < 1.29 is 9.53 Å². The maximum atomic E-state index is 10.5. The van der Waals surface area contributed by atoms with Crippen LogP contribution in [0.15, 0.2) is 11.6 Å². The summed E-state index contributed by atoms with van der Waals surface area (Å²) in [4.78, 5) is 10.5. The minimum atomic E-state index is -0.194. The van der Waals surface area contributed by atoms with Crippen LogP contribution < -0.4 is 0 Å². The highest BCUT2D eigenvalue weighted by atomic mass is 35.5. The van der Waals surface area contributed by atoms with Crippen molar-refractivity contribution in [1.29, 1.82) is 0 Å². The van der Waals surface area contributed by atoms with E-state index in [1.54, 1.807) is 0 Å². The lowest BCUT2D eigenvalue weighted by atomic mass is 10.0. The lowest BCUT2D eigenvalue weighted by molar-refractivity contribution is -0.141. The number of rotatable bonds is 7. The number of ether oxygens (including phenoxy) is 1. The van der Waals surface area contributed by atoms with E-state index in [0.29, 0.717) is 18.4 Å². The number of hydrogen-bond acceptors (Lipinski definition) is 2. The van der Waals surface area contributed by atoms with Crippen molar-refractivity contribution in [2.75, 3.05) is 12.5 Å². The summed E-state index contributed by atoms with van der Waals surface area (Å²) in [5.74, 6) is 1.01. The zero-order valence-electron chi connectivity index (χ0n) is 9.88. The Hall–Kier alpha value is -0.500. The third kappa shape index (κ3) is 9.80. The summed E-state index contributed by atoms with van der Waals surface area (Å²) in [7, 11) is 0. The molecule has 0 aliphatic heterocycles. The van der Waals surface area contributed by atoms with Gasteiger partial charge in [0.15, 0.2) is 0 Å². The first kappa shape index (κ1) is 14.5. The van der Waals surface area contributed by atoms with Crippen molar-refractivity contribution >= 4 is 17.6 Å². The molecule has 1 atom stereocenters. The summed E-state index contributed by atoms with van der Waals surface area (Å²) < 4.78 is 4.89. The summed E-state index contributed by atoms with van der Waals surface area (Å²) in [6, 6.07) is 0. The molecular formula is C12H21ClO2. The van der Waals surface area contributed by atoms with Crippen LogP contribution in [0.3, 0.4) is 0 Å². The summed E-state index contributed by atoms with van der Waals surface area (Å²) in [5.41, 5.74) is 1.23. The second-order valence-corrected chi connectivity index (χ2v) is 4.26. The van der Waals surface area contributed by atoms with Gasteiger partial charge in [0.05, 0.1) is 6.61 Å². The van der Waals surface area contributed by atoms with Crippen LogP contribution in [0.1, 0.15) is 40.0 Å². The summed E-state index contributed by atoms with van der Waals surface area (Å²) in [6.45, 7) is 6.19. The number of alkyl halides is 1. The van der Waals surface area contributed by atoms with Gasteiger partial charge in [0.1, 0.15) is 0 Å². The molecule has 0 amide bonds. The number of hydrogen-bond donors (Lipinski definition) is 0. The molecule has 0 radical (unpaired) electrons. The third-order valence-corrected chi connectivity index (χ3v) is 2.70. The number of carbonyl (C=O) groups excluding carboxylic acids is 1. The molecule has 3 heteroatoms. The van der Waals surface area contributed by atoms with Gasteiger partial charge in [-0.2, -0.15) is 0 Å². The van der Waals surface area contributed by atoms with Crippen LogP contribution in [0.5, 0.6) is 0 Å². The van der Waals surface area contributed by atoms with Crippen molar-refractivity contribution in [3.05, 3.63) is 11.6 Å². The first-order valence-corrected chi connectivity index (χ1v) is 5.94. The van der Waals surface area contributed by atoms with Crippen LogP contribution in [0.25, 0.3) is 0 Å². The first-order chi connectivity index (χ1) is 7.06. The summed E-state index contributed by atoms with van der Waals surface area (Å²) >= 11 is 5.66. The zero-order chi connectivity index (χ0) is 11.7. The van der Waals surface area contributed by atoms with Gasteiger partial charge in [-0.05, 0) is 32.1 Å². The van der Waals surface area contributed by atoms with E-state index in [9.17, 15) is 4.79 Å². The Balaban J connectivity index is 3.49. The Morgan fingerprint density at radius 3 is 2.60 bits per heavy atom. The zero-order valence-corrected chi connectivity index (χ0v) is 10.6. The molecule has 0 aliphatic carbocycles. The van der Waals surface area contributed by atoms with Crippen molar-refractivity contribution in [2.24, 2.45) is 5.92 Å². The SMILES string of the molecule is CC(=O)OCC[C@@H](C)CC/C=C(\C)CCl. The highest BCUT2D eigenvalue weighted by Gasteiger charge is 2.02. The van der Waals surface area contributed by atoms with Gasteiger partial charge in [-0.25, -0.2) is 0 Å². The van der Waals surface area contributed by atoms with Gasteiger partial charge < -0.3 is 4.74 Å². The predicted molar refractivity (Wildman–Crippen MR) is 64.1 cm³/mol. The molecule has 2 nitrogen and oxygen atoms in total. The van der Waals surface area contributed by atoms with E-state index >= 15 is 0 Å². The molecule has 88 valence electrons. The van der Waals surface area contributed by atoms with Crippen LogP contribution in [0.2, 0.25) is 0 Å². The molecule has 0 saturated heterocycles. The highest BCUT2D eigenvalue weighted by molar-refractivity contribution is 6.19. The van der Waals surface area contributed by atoms with Gasteiger partial charge in [0.2, 0.25) is 0 Å². The molecule has 0 aliphatic rings. The highest BCUT2D eigenvalue weighted by Crippen LogP contribution is 2.12. The molecule has 0 bridgehead atoms. The number of esters is 1. The van der Waals surface area contributed by atoms with Crippen LogP contribution in [-0.4, -0.2) is 18.5 Å². The number of carbonyl (C=O) groups is 1. The van der Waals surface area contributed by atoms with Gasteiger partial charge in [-0.15, -0.1) is 11.6 Å². The van der Waals surface area contributed by atoms with Crippen molar-refractivity contribution in [3.63, 3.8) is 0 Å². The minimum Gasteiger partial charge on any atom is -0.466 e. The molecular weight excluding hydrogens is 212 g/mol. The Morgan fingerprint density at radius 1 is 1.40 bits per heavy atom. The maximum absolute atomic E-state index is 10.5. The van der Waals surface area contributed by atoms with E-state index < -0.39 is 0 Å². The van der Waals surface area contributed by atoms with E-state index in [4.69, 9.17) is 16.3 Å². The minimum absolute atomic E-state index is 0.194.